The van der Waals surface area contributed by atoms with Gasteiger partial charge in [0.2, 0.25) is 0 Å². The molecule has 0 radical (unpaired) electrons. The molecule has 0 aliphatic rings. The molecule has 0 bridgehead atoms. The van der Waals surface area contributed by atoms with Gasteiger partial charge in [-0.3, -0.25) is 0 Å². The number of benzene rings is 1. The van der Waals surface area contributed by atoms with Gasteiger partial charge in [0.05, 0.1) is 18.3 Å². The van der Waals surface area contributed by atoms with Crippen LogP contribution in [-0.4, -0.2) is 19.1 Å². The molecule has 1 aromatic heterocycles. The van der Waals surface area contributed by atoms with Crippen LogP contribution in [0.4, 0.5) is 0 Å². The van der Waals surface area contributed by atoms with Crippen LogP contribution in [0.25, 0.3) is 0 Å². The van der Waals surface area contributed by atoms with E-state index in [-0.39, 0.29) is 6.04 Å². The number of methoxy groups -OCH3 is 1. The SMILES string of the molecule is CNC(c1ccc(COC)cc1)c1nc(C)c(C)s1. The molecular formula is C15H20N2OS. The van der Waals surface area contributed by atoms with Crippen LogP contribution in [0.2, 0.25) is 0 Å². The molecule has 2 aromatic rings. The average molecular weight is 276 g/mol. The van der Waals surface area contributed by atoms with Gasteiger partial charge in [0.15, 0.2) is 0 Å². The number of hydrogen-bond acceptors (Lipinski definition) is 4. The molecule has 1 unspecified atom stereocenters. The van der Waals surface area contributed by atoms with Gasteiger partial charge < -0.3 is 10.1 Å². The van der Waals surface area contributed by atoms with Gasteiger partial charge in [-0.2, -0.15) is 0 Å². The van der Waals surface area contributed by atoms with Crippen LogP contribution in [-0.2, 0) is 11.3 Å². The van der Waals surface area contributed by atoms with Crippen molar-refractivity contribution in [2.24, 2.45) is 0 Å². The zero-order chi connectivity index (χ0) is 13.8. The maximum atomic E-state index is 5.13. The quantitative estimate of drug-likeness (QED) is 0.910. The van der Waals surface area contributed by atoms with Gasteiger partial charge in [0.1, 0.15) is 5.01 Å². The van der Waals surface area contributed by atoms with E-state index in [4.69, 9.17) is 4.74 Å². The molecule has 4 heteroatoms. The first-order chi connectivity index (χ1) is 9.15. The molecule has 0 saturated carbocycles. The Balaban J connectivity index is 2.26. The van der Waals surface area contributed by atoms with Crippen LogP contribution in [0.1, 0.15) is 32.7 Å². The second-order valence-electron chi connectivity index (χ2n) is 4.59. The third kappa shape index (κ3) is 3.21. The number of thiazole rings is 1. The van der Waals surface area contributed by atoms with Gasteiger partial charge in [-0.25, -0.2) is 4.98 Å². The van der Waals surface area contributed by atoms with Gasteiger partial charge in [-0.05, 0) is 32.0 Å². The number of nitrogens with zero attached hydrogens (tertiary/aromatic N) is 1. The maximum Gasteiger partial charge on any atom is 0.115 e. The Morgan fingerprint density at radius 3 is 2.42 bits per heavy atom. The van der Waals surface area contributed by atoms with E-state index >= 15 is 0 Å². The van der Waals surface area contributed by atoms with Gasteiger partial charge in [0.25, 0.3) is 0 Å². The maximum absolute atomic E-state index is 5.13. The molecule has 1 atom stereocenters. The standard InChI is InChI=1S/C15H20N2OS/c1-10-11(2)19-15(17-10)14(16-3)13-7-5-12(6-8-13)9-18-4/h5-8,14,16H,9H2,1-4H3. The van der Waals surface area contributed by atoms with E-state index in [1.165, 1.54) is 16.0 Å². The molecule has 0 aliphatic heterocycles. The first-order valence-electron chi connectivity index (χ1n) is 6.34. The molecule has 2 rings (SSSR count). The van der Waals surface area contributed by atoms with E-state index in [1.54, 1.807) is 18.4 Å². The smallest absolute Gasteiger partial charge is 0.115 e. The summed E-state index contributed by atoms with van der Waals surface area (Å²) in [6.07, 6.45) is 0. The Bertz CT molecular complexity index is 514. The summed E-state index contributed by atoms with van der Waals surface area (Å²) in [5, 5.41) is 4.47. The normalized spacial score (nSPS) is 12.6. The highest BCUT2D eigenvalue weighted by molar-refractivity contribution is 7.11. The van der Waals surface area contributed by atoms with E-state index in [2.05, 4.69) is 48.4 Å². The van der Waals surface area contributed by atoms with Crippen LogP contribution in [0.3, 0.4) is 0 Å². The summed E-state index contributed by atoms with van der Waals surface area (Å²) in [6.45, 7) is 4.83. The van der Waals surface area contributed by atoms with Crippen molar-refractivity contribution in [1.82, 2.24) is 10.3 Å². The van der Waals surface area contributed by atoms with E-state index in [1.807, 2.05) is 7.05 Å². The second kappa shape index (κ2) is 6.28. The Labute approximate surface area is 118 Å². The molecule has 1 heterocycles. The molecule has 3 nitrogen and oxygen atoms in total. The molecule has 0 saturated heterocycles. The van der Waals surface area contributed by atoms with Crippen LogP contribution in [0.15, 0.2) is 24.3 Å². The number of rotatable bonds is 5. The highest BCUT2D eigenvalue weighted by Crippen LogP contribution is 2.27. The third-order valence-electron chi connectivity index (χ3n) is 3.20. The molecule has 0 amide bonds. The summed E-state index contributed by atoms with van der Waals surface area (Å²) >= 11 is 1.76. The molecule has 0 aliphatic carbocycles. The van der Waals surface area contributed by atoms with E-state index in [0.29, 0.717) is 6.61 Å². The van der Waals surface area contributed by atoms with Crippen molar-refractivity contribution in [2.45, 2.75) is 26.5 Å². The first-order valence-corrected chi connectivity index (χ1v) is 7.16. The Kier molecular flexibility index (Phi) is 4.69. The lowest BCUT2D eigenvalue weighted by Gasteiger charge is -2.14. The summed E-state index contributed by atoms with van der Waals surface area (Å²) in [4.78, 5) is 5.93. The second-order valence-corrected chi connectivity index (χ2v) is 5.82. The monoisotopic (exact) mass is 276 g/mol. The van der Waals surface area contributed by atoms with Crippen LogP contribution >= 0.6 is 11.3 Å². The van der Waals surface area contributed by atoms with E-state index in [9.17, 15) is 0 Å². The van der Waals surface area contributed by atoms with Crippen molar-refractivity contribution in [3.05, 3.63) is 51.0 Å². The van der Waals surface area contributed by atoms with Crippen molar-refractivity contribution < 1.29 is 4.74 Å². The molecule has 102 valence electrons. The van der Waals surface area contributed by atoms with Crippen molar-refractivity contribution >= 4 is 11.3 Å². The van der Waals surface area contributed by atoms with Gasteiger partial charge in [0, 0.05) is 12.0 Å². The van der Waals surface area contributed by atoms with Crippen molar-refractivity contribution in [1.29, 1.82) is 0 Å². The summed E-state index contributed by atoms with van der Waals surface area (Å²) in [5.41, 5.74) is 3.54. The van der Waals surface area contributed by atoms with Crippen LogP contribution < -0.4 is 5.32 Å². The van der Waals surface area contributed by atoms with Crippen molar-refractivity contribution in [3.8, 4) is 0 Å². The number of aromatic nitrogens is 1. The molecule has 1 N–H and O–H groups in total. The molecule has 0 fully saturated rings. The number of nitrogens with one attached hydrogen (secondary N) is 1. The third-order valence-corrected chi connectivity index (χ3v) is 4.34. The van der Waals surface area contributed by atoms with Gasteiger partial charge in [-0.1, -0.05) is 24.3 Å². The Hall–Kier alpha value is -1.23. The lowest BCUT2D eigenvalue weighted by molar-refractivity contribution is 0.185. The fourth-order valence-corrected chi connectivity index (χ4v) is 3.09. The van der Waals surface area contributed by atoms with Crippen molar-refractivity contribution in [2.75, 3.05) is 14.2 Å². The van der Waals surface area contributed by atoms with Gasteiger partial charge >= 0.3 is 0 Å². The fourth-order valence-electron chi connectivity index (χ4n) is 2.03. The molecule has 19 heavy (non-hydrogen) atoms. The van der Waals surface area contributed by atoms with E-state index < -0.39 is 0 Å². The van der Waals surface area contributed by atoms with Crippen molar-refractivity contribution in [3.63, 3.8) is 0 Å². The minimum Gasteiger partial charge on any atom is -0.380 e. The predicted molar refractivity (Wildman–Crippen MR) is 79.6 cm³/mol. The molecular weight excluding hydrogens is 256 g/mol. The Morgan fingerprint density at radius 1 is 1.26 bits per heavy atom. The first kappa shape index (κ1) is 14.2. The van der Waals surface area contributed by atoms with Gasteiger partial charge in [-0.15, -0.1) is 11.3 Å². The number of hydrogen-bond donors (Lipinski definition) is 1. The van der Waals surface area contributed by atoms with Crippen LogP contribution in [0.5, 0.6) is 0 Å². The summed E-state index contributed by atoms with van der Waals surface area (Å²) in [6, 6.07) is 8.66. The van der Waals surface area contributed by atoms with E-state index in [0.717, 1.165) is 10.7 Å². The largest absolute Gasteiger partial charge is 0.380 e. The average Bonchev–Trinajstić information content (AvgIpc) is 2.73. The minimum absolute atomic E-state index is 0.161. The summed E-state index contributed by atoms with van der Waals surface area (Å²) in [7, 11) is 3.69. The highest BCUT2D eigenvalue weighted by atomic mass is 32.1. The minimum atomic E-state index is 0.161. The summed E-state index contributed by atoms with van der Waals surface area (Å²) < 4.78 is 5.13. The highest BCUT2D eigenvalue weighted by Gasteiger charge is 2.16. The fraction of sp³-hybridized carbons (Fsp3) is 0.400. The predicted octanol–water partition coefficient (Wildman–Crippen LogP) is 3.22. The lowest BCUT2D eigenvalue weighted by atomic mass is 10.1. The number of ether oxygens (including phenoxy) is 1. The summed E-state index contributed by atoms with van der Waals surface area (Å²) in [5.74, 6) is 0. The molecule has 0 spiro atoms. The zero-order valence-electron chi connectivity index (χ0n) is 11.9. The van der Waals surface area contributed by atoms with Crippen LogP contribution in [0, 0.1) is 13.8 Å². The lowest BCUT2D eigenvalue weighted by Crippen LogP contribution is -2.17. The number of aryl methyl sites for hydroxylation is 2. The topological polar surface area (TPSA) is 34.1 Å². The molecule has 1 aromatic carbocycles. The Morgan fingerprint density at radius 2 is 1.95 bits per heavy atom. The zero-order valence-corrected chi connectivity index (χ0v) is 12.7.